The van der Waals surface area contributed by atoms with E-state index in [-0.39, 0.29) is 0 Å². The molecule has 92 valence electrons. The third kappa shape index (κ3) is 1.35. The number of para-hydroxylation sites is 2. The first-order valence-electron chi connectivity index (χ1n) is 5.08. The van der Waals surface area contributed by atoms with Crippen LogP contribution in [-0.2, 0) is 0 Å². The molecule has 2 aromatic carbocycles. The van der Waals surface area contributed by atoms with Gasteiger partial charge in [-0.25, -0.2) is 17.6 Å². The fourth-order valence-electron chi connectivity index (χ4n) is 1.84. The van der Waals surface area contributed by atoms with Crippen LogP contribution in [0.1, 0.15) is 0 Å². The normalized spacial score (nSPS) is 12.2. The Morgan fingerprint density at radius 3 is 1.39 bits per heavy atom. The van der Waals surface area contributed by atoms with E-state index in [4.69, 9.17) is 0 Å². The predicted molar refractivity (Wildman–Crippen MR) is 59.3 cm³/mol. The van der Waals surface area contributed by atoms with Gasteiger partial charge in [0.25, 0.3) is 0 Å². The summed E-state index contributed by atoms with van der Waals surface area (Å²) in [5, 5.41) is 5.07. The van der Waals surface area contributed by atoms with Crippen molar-refractivity contribution in [2.24, 2.45) is 0 Å². The van der Waals surface area contributed by atoms with E-state index < -0.39 is 34.6 Å². The molecular formula is C12H6F4N2. The predicted octanol–water partition coefficient (Wildman–Crippen LogP) is 4.04. The third-order valence-corrected chi connectivity index (χ3v) is 2.71. The molecule has 0 radical (unpaired) electrons. The Hall–Kier alpha value is -2.24. The number of halogens is 4. The van der Waals surface area contributed by atoms with Crippen LogP contribution in [0.4, 0.5) is 40.3 Å². The zero-order chi connectivity index (χ0) is 12.9. The van der Waals surface area contributed by atoms with E-state index in [9.17, 15) is 17.6 Å². The maximum Gasteiger partial charge on any atom is 0.199 e. The molecule has 0 saturated heterocycles. The van der Waals surface area contributed by atoms with Crippen molar-refractivity contribution in [3.05, 3.63) is 47.5 Å². The molecule has 0 aromatic heterocycles. The summed E-state index contributed by atoms with van der Waals surface area (Å²) in [7, 11) is 0. The largest absolute Gasteiger partial charge is 0.350 e. The van der Waals surface area contributed by atoms with Crippen molar-refractivity contribution in [3.63, 3.8) is 0 Å². The molecule has 2 nitrogen and oxygen atoms in total. The number of rotatable bonds is 0. The van der Waals surface area contributed by atoms with Gasteiger partial charge in [0.05, 0.1) is 11.4 Å². The van der Waals surface area contributed by atoms with E-state index in [2.05, 4.69) is 10.6 Å². The minimum atomic E-state index is -1.83. The van der Waals surface area contributed by atoms with Crippen LogP contribution >= 0.6 is 0 Å². The van der Waals surface area contributed by atoms with E-state index in [1.807, 2.05) is 0 Å². The lowest BCUT2D eigenvalue weighted by Gasteiger charge is -2.24. The maximum absolute atomic E-state index is 13.5. The van der Waals surface area contributed by atoms with Crippen LogP contribution in [0.5, 0.6) is 0 Å². The van der Waals surface area contributed by atoms with E-state index >= 15 is 0 Å². The second-order valence-corrected chi connectivity index (χ2v) is 3.80. The summed E-state index contributed by atoms with van der Waals surface area (Å²) >= 11 is 0. The highest BCUT2D eigenvalue weighted by Gasteiger charge is 2.28. The quantitative estimate of drug-likeness (QED) is 0.359. The van der Waals surface area contributed by atoms with Crippen molar-refractivity contribution < 1.29 is 17.6 Å². The van der Waals surface area contributed by atoms with Crippen molar-refractivity contribution in [3.8, 4) is 0 Å². The SMILES string of the molecule is Fc1c(F)c(F)c2c(c1F)Nc1ccccc1N2. The number of nitrogens with one attached hydrogen (secondary N) is 2. The molecule has 2 aromatic rings. The molecule has 0 aliphatic carbocycles. The maximum atomic E-state index is 13.5. The molecule has 6 heteroatoms. The van der Waals surface area contributed by atoms with Crippen molar-refractivity contribution in [2.75, 3.05) is 10.6 Å². The molecule has 0 unspecified atom stereocenters. The molecule has 3 rings (SSSR count). The van der Waals surface area contributed by atoms with Gasteiger partial charge in [0, 0.05) is 0 Å². The minimum Gasteiger partial charge on any atom is -0.350 e. The number of hydrogen-bond acceptors (Lipinski definition) is 2. The summed E-state index contributed by atoms with van der Waals surface area (Å²) in [6.45, 7) is 0. The molecule has 1 heterocycles. The zero-order valence-corrected chi connectivity index (χ0v) is 8.82. The fraction of sp³-hybridized carbons (Fsp3) is 0. The van der Waals surface area contributed by atoms with E-state index in [0.717, 1.165) is 0 Å². The fourth-order valence-corrected chi connectivity index (χ4v) is 1.84. The Bertz CT molecular complexity index is 599. The molecular weight excluding hydrogens is 248 g/mol. The highest BCUT2D eigenvalue weighted by molar-refractivity contribution is 5.90. The summed E-state index contributed by atoms with van der Waals surface area (Å²) < 4.78 is 53.3. The topological polar surface area (TPSA) is 24.1 Å². The minimum absolute atomic E-state index is 0.440. The zero-order valence-electron chi connectivity index (χ0n) is 8.82. The van der Waals surface area contributed by atoms with Crippen LogP contribution in [-0.4, -0.2) is 0 Å². The average Bonchev–Trinajstić information content (AvgIpc) is 2.41. The number of benzene rings is 2. The van der Waals surface area contributed by atoms with Crippen molar-refractivity contribution >= 4 is 22.7 Å². The molecule has 2 N–H and O–H groups in total. The molecule has 18 heavy (non-hydrogen) atoms. The van der Waals surface area contributed by atoms with E-state index in [1.165, 1.54) is 0 Å². The molecule has 0 bridgehead atoms. The summed E-state index contributed by atoms with van der Waals surface area (Å²) in [6, 6.07) is 6.55. The molecule has 0 saturated carbocycles. The van der Waals surface area contributed by atoms with Gasteiger partial charge < -0.3 is 10.6 Å². The van der Waals surface area contributed by atoms with Crippen molar-refractivity contribution in [1.82, 2.24) is 0 Å². The highest BCUT2D eigenvalue weighted by atomic mass is 19.2. The van der Waals surface area contributed by atoms with Crippen LogP contribution in [0, 0.1) is 23.3 Å². The second-order valence-electron chi connectivity index (χ2n) is 3.80. The smallest absolute Gasteiger partial charge is 0.199 e. The molecule has 0 amide bonds. The molecule has 0 fully saturated rings. The van der Waals surface area contributed by atoms with Crippen LogP contribution in [0.2, 0.25) is 0 Å². The summed E-state index contributed by atoms with van der Waals surface area (Å²) in [5.74, 6) is -6.57. The lowest BCUT2D eigenvalue weighted by molar-refractivity contribution is 0.413. The number of hydrogen-bond donors (Lipinski definition) is 2. The Kier molecular flexibility index (Phi) is 2.19. The van der Waals surface area contributed by atoms with E-state index in [1.54, 1.807) is 24.3 Å². The first-order chi connectivity index (χ1) is 8.59. The lowest BCUT2D eigenvalue weighted by Crippen LogP contribution is -2.13. The summed E-state index contributed by atoms with van der Waals surface area (Å²) in [4.78, 5) is 0. The van der Waals surface area contributed by atoms with Gasteiger partial charge in [-0.1, -0.05) is 12.1 Å². The van der Waals surface area contributed by atoms with Gasteiger partial charge in [0.15, 0.2) is 23.3 Å². The van der Waals surface area contributed by atoms with Crippen LogP contribution in [0.25, 0.3) is 0 Å². The standard InChI is InChI=1S/C12H6F4N2/c13-7-8(14)10(16)12-11(9(7)15)17-5-3-1-2-4-6(5)18-12/h1-4,17-18H. The Morgan fingerprint density at radius 1 is 0.611 bits per heavy atom. The lowest BCUT2D eigenvalue weighted by atomic mass is 10.1. The van der Waals surface area contributed by atoms with Crippen molar-refractivity contribution in [2.45, 2.75) is 0 Å². The van der Waals surface area contributed by atoms with Crippen molar-refractivity contribution in [1.29, 1.82) is 0 Å². The molecule has 0 spiro atoms. The van der Waals surface area contributed by atoms with Gasteiger partial charge in [0.2, 0.25) is 0 Å². The monoisotopic (exact) mass is 254 g/mol. The van der Waals surface area contributed by atoms with Crippen LogP contribution < -0.4 is 10.6 Å². The van der Waals surface area contributed by atoms with Gasteiger partial charge in [-0.3, -0.25) is 0 Å². The Labute approximate surface area is 99.2 Å². The third-order valence-electron chi connectivity index (χ3n) is 2.71. The highest BCUT2D eigenvalue weighted by Crippen LogP contribution is 2.42. The summed E-state index contributed by atoms with van der Waals surface area (Å²) in [5.41, 5.74) is 0.0267. The van der Waals surface area contributed by atoms with Gasteiger partial charge >= 0.3 is 0 Å². The summed E-state index contributed by atoms with van der Waals surface area (Å²) in [6.07, 6.45) is 0. The first kappa shape index (κ1) is 10.9. The number of anilines is 4. The first-order valence-corrected chi connectivity index (χ1v) is 5.08. The molecule has 0 atom stereocenters. The van der Waals surface area contributed by atoms with Crippen LogP contribution in [0.15, 0.2) is 24.3 Å². The van der Waals surface area contributed by atoms with E-state index in [0.29, 0.717) is 11.4 Å². The Balaban J connectivity index is 2.25. The van der Waals surface area contributed by atoms with Gasteiger partial charge in [0.1, 0.15) is 11.4 Å². The van der Waals surface area contributed by atoms with Gasteiger partial charge in [-0.05, 0) is 12.1 Å². The molecule has 1 aliphatic heterocycles. The Morgan fingerprint density at radius 2 is 1.00 bits per heavy atom. The van der Waals surface area contributed by atoms with Crippen LogP contribution in [0.3, 0.4) is 0 Å². The van der Waals surface area contributed by atoms with Gasteiger partial charge in [-0.2, -0.15) is 0 Å². The molecule has 1 aliphatic rings. The number of fused-ring (bicyclic) bond motifs is 2. The second kappa shape index (κ2) is 3.63. The average molecular weight is 254 g/mol. The van der Waals surface area contributed by atoms with Gasteiger partial charge in [-0.15, -0.1) is 0 Å².